The van der Waals surface area contributed by atoms with Gasteiger partial charge in [0.15, 0.2) is 0 Å². The Morgan fingerprint density at radius 1 is 1.24 bits per heavy atom. The van der Waals surface area contributed by atoms with E-state index in [4.69, 9.17) is 4.74 Å². The fraction of sp³-hybridized carbons (Fsp3) is 0.200. The van der Waals surface area contributed by atoms with Gasteiger partial charge in [-0.1, -0.05) is 48.2 Å². The number of hydrogen-bond acceptors (Lipinski definition) is 6. The molecule has 0 aliphatic carbocycles. The number of carbonyl (C=O) groups excluding carboxylic acids is 2. The van der Waals surface area contributed by atoms with Crippen molar-refractivity contribution in [2.45, 2.75) is 23.4 Å². The van der Waals surface area contributed by atoms with Crippen molar-refractivity contribution in [1.29, 1.82) is 0 Å². The molecule has 0 unspecified atom stereocenters. The Bertz CT molecular complexity index is 1040. The highest BCUT2D eigenvalue weighted by Gasteiger charge is 2.35. The molecule has 0 spiro atoms. The quantitative estimate of drug-likeness (QED) is 0.582. The molecule has 2 heterocycles. The monoisotopic (exact) mass is 409 g/mol. The maximum absolute atomic E-state index is 12.4. The number of carbonyl (C=O) groups is 2. The molecule has 0 radical (unpaired) electrons. The average Bonchev–Trinajstić information content (AvgIpc) is 3.25. The Morgan fingerprint density at radius 3 is 2.86 bits per heavy atom. The molecule has 8 nitrogen and oxygen atoms in total. The number of methoxy groups -OCH3 is 1. The molecule has 1 aliphatic heterocycles. The molecule has 4 rings (SSSR count). The summed E-state index contributed by atoms with van der Waals surface area (Å²) >= 11 is 1.48. The molecule has 0 saturated heterocycles. The molecule has 29 heavy (non-hydrogen) atoms. The van der Waals surface area contributed by atoms with Gasteiger partial charge in [0.1, 0.15) is 11.8 Å². The number of anilines is 2. The summed E-state index contributed by atoms with van der Waals surface area (Å²) in [5.74, 6) is 1.14. The number of nitrogens with zero attached hydrogens (tertiary/aromatic N) is 3. The first-order valence-electron chi connectivity index (χ1n) is 9.00. The van der Waals surface area contributed by atoms with Crippen LogP contribution in [0.25, 0.3) is 0 Å². The van der Waals surface area contributed by atoms with Gasteiger partial charge in [-0.15, -0.1) is 5.10 Å². The van der Waals surface area contributed by atoms with Gasteiger partial charge in [-0.25, -0.2) is 4.68 Å². The van der Waals surface area contributed by atoms with Gasteiger partial charge in [0.05, 0.1) is 13.5 Å². The molecular weight excluding hydrogens is 390 g/mol. The van der Waals surface area contributed by atoms with Crippen LogP contribution in [0.5, 0.6) is 5.75 Å². The minimum absolute atomic E-state index is 0.0395. The molecule has 2 amide bonds. The molecule has 1 aromatic heterocycles. The van der Waals surface area contributed by atoms with Crippen molar-refractivity contribution >= 4 is 35.2 Å². The van der Waals surface area contributed by atoms with Crippen molar-refractivity contribution < 1.29 is 14.3 Å². The van der Waals surface area contributed by atoms with Gasteiger partial charge in [-0.05, 0) is 17.7 Å². The van der Waals surface area contributed by atoms with E-state index < -0.39 is 6.04 Å². The van der Waals surface area contributed by atoms with Crippen LogP contribution in [0, 0.1) is 0 Å². The van der Waals surface area contributed by atoms with Crippen LogP contribution in [0.2, 0.25) is 0 Å². The van der Waals surface area contributed by atoms with Gasteiger partial charge in [0, 0.05) is 17.5 Å². The SMILES string of the molecule is COc1cccc(NC(=O)C[C@@H]2C(=O)Nc3nc(SCc4ccccc4)nn32)c1. The fourth-order valence-corrected chi connectivity index (χ4v) is 3.75. The Balaban J connectivity index is 1.41. The predicted octanol–water partition coefficient (Wildman–Crippen LogP) is 3.10. The van der Waals surface area contributed by atoms with Crippen LogP contribution in [0.1, 0.15) is 18.0 Å². The number of hydrogen-bond donors (Lipinski definition) is 2. The smallest absolute Gasteiger partial charge is 0.252 e. The number of nitrogens with one attached hydrogen (secondary N) is 2. The lowest BCUT2D eigenvalue weighted by Gasteiger charge is -2.10. The van der Waals surface area contributed by atoms with E-state index in [1.54, 1.807) is 31.4 Å². The first kappa shape index (κ1) is 19.0. The van der Waals surface area contributed by atoms with Crippen molar-refractivity contribution in [3.63, 3.8) is 0 Å². The maximum atomic E-state index is 12.4. The van der Waals surface area contributed by atoms with E-state index in [1.165, 1.54) is 16.4 Å². The number of thioether (sulfide) groups is 1. The molecule has 3 aromatic rings. The minimum Gasteiger partial charge on any atom is -0.497 e. The summed E-state index contributed by atoms with van der Waals surface area (Å²) < 4.78 is 6.64. The predicted molar refractivity (Wildman–Crippen MR) is 110 cm³/mol. The molecule has 2 aromatic carbocycles. The topological polar surface area (TPSA) is 98.1 Å². The van der Waals surface area contributed by atoms with Crippen LogP contribution in [0.3, 0.4) is 0 Å². The normalized spacial score (nSPS) is 14.9. The number of benzene rings is 2. The minimum atomic E-state index is -0.728. The first-order chi connectivity index (χ1) is 14.1. The molecule has 9 heteroatoms. The molecule has 0 saturated carbocycles. The summed E-state index contributed by atoms with van der Waals surface area (Å²) in [6.07, 6.45) is -0.0395. The zero-order valence-corrected chi connectivity index (χ0v) is 16.5. The number of amides is 2. The molecule has 0 fully saturated rings. The van der Waals surface area contributed by atoms with Gasteiger partial charge in [-0.3, -0.25) is 14.9 Å². The van der Waals surface area contributed by atoms with E-state index in [-0.39, 0.29) is 18.2 Å². The van der Waals surface area contributed by atoms with E-state index in [2.05, 4.69) is 20.7 Å². The van der Waals surface area contributed by atoms with Crippen molar-refractivity contribution in [2.24, 2.45) is 0 Å². The molecule has 1 atom stereocenters. The van der Waals surface area contributed by atoms with Crippen LogP contribution in [0.4, 0.5) is 11.6 Å². The Morgan fingerprint density at radius 2 is 2.07 bits per heavy atom. The van der Waals surface area contributed by atoms with Gasteiger partial charge >= 0.3 is 0 Å². The summed E-state index contributed by atoms with van der Waals surface area (Å²) in [7, 11) is 1.56. The van der Waals surface area contributed by atoms with Crippen molar-refractivity contribution in [1.82, 2.24) is 14.8 Å². The van der Waals surface area contributed by atoms with Gasteiger partial charge in [0.25, 0.3) is 5.91 Å². The number of aromatic nitrogens is 3. The van der Waals surface area contributed by atoms with E-state index in [9.17, 15) is 9.59 Å². The highest BCUT2D eigenvalue weighted by molar-refractivity contribution is 7.98. The standard InChI is InChI=1S/C20H19N5O3S/c1-28-15-9-5-8-14(10-15)21-17(26)11-16-18(27)22-19-23-20(24-25(16)19)29-12-13-6-3-2-4-7-13/h2-10,16H,11-12H2,1H3,(H,21,26)(H,22,23,24,27)/t16-/m1/s1. The molecular formula is C20H19N5O3S. The van der Waals surface area contributed by atoms with Crippen molar-refractivity contribution in [3.8, 4) is 5.75 Å². The molecule has 2 N–H and O–H groups in total. The highest BCUT2D eigenvalue weighted by Crippen LogP contribution is 2.29. The number of ether oxygens (including phenoxy) is 1. The Kier molecular flexibility index (Phi) is 5.48. The second-order valence-electron chi connectivity index (χ2n) is 6.43. The van der Waals surface area contributed by atoms with Crippen LogP contribution in [0.15, 0.2) is 59.8 Å². The van der Waals surface area contributed by atoms with Gasteiger partial charge in [-0.2, -0.15) is 4.98 Å². The lowest BCUT2D eigenvalue weighted by atomic mass is 10.2. The Labute approximate surface area is 171 Å². The summed E-state index contributed by atoms with van der Waals surface area (Å²) in [6, 6.07) is 16.3. The molecule has 148 valence electrons. The number of fused-ring (bicyclic) bond motifs is 1. The van der Waals surface area contributed by atoms with Crippen LogP contribution >= 0.6 is 11.8 Å². The molecule has 1 aliphatic rings. The van der Waals surface area contributed by atoms with E-state index in [0.717, 1.165) is 11.3 Å². The summed E-state index contributed by atoms with van der Waals surface area (Å²) in [4.78, 5) is 29.0. The van der Waals surface area contributed by atoms with Gasteiger partial charge in [0.2, 0.25) is 17.0 Å². The third kappa shape index (κ3) is 4.40. The zero-order valence-electron chi connectivity index (χ0n) is 15.7. The van der Waals surface area contributed by atoms with E-state index in [1.807, 2.05) is 30.3 Å². The lowest BCUT2D eigenvalue weighted by molar-refractivity contribution is -0.123. The Hall–Kier alpha value is -3.33. The third-order valence-electron chi connectivity index (χ3n) is 4.39. The lowest BCUT2D eigenvalue weighted by Crippen LogP contribution is -2.23. The summed E-state index contributed by atoms with van der Waals surface area (Å²) in [5, 5.41) is 10.4. The van der Waals surface area contributed by atoms with Crippen molar-refractivity contribution in [2.75, 3.05) is 17.7 Å². The van der Waals surface area contributed by atoms with Crippen LogP contribution in [-0.2, 0) is 15.3 Å². The van der Waals surface area contributed by atoms with Crippen LogP contribution in [-0.4, -0.2) is 33.7 Å². The maximum Gasteiger partial charge on any atom is 0.252 e. The zero-order chi connectivity index (χ0) is 20.2. The van der Waals surface area contributed by atoms with Crippen LogP contribution < -0.4 is 15.4 Å². The highest BCUT2D eigenvalue weighted by atomic mass is 32.2. The first-order valence-corrected chi connectivity index (χ1v) is 9.99. The van der Waals surface area contributed by atoms with Gasteiger partial charge < -0.3 is 10.1 Å². The average molecular weight is 409 g/mol. The van der Waals surface area contributed by atoms with E-state index >= 15 is 0 Å². The fourth-order valence-electron chi connectivity index (χ4n) is 2.96. The summed E-state index contributed by atoms with van der Waals surface area (Å²) in [5.41, 5.74) is 1.76. The molecule has 0 bridgehead atoms. The second kappa shape index (κ2) is 8.36. The number of rotatable bonds is 7. The largest absolute Gasteiger partial charge is 0.497 e. The third-order valence-corrected chi connectivity index (χ3v) is 5.30. The second-order valence-corrected chi connectivity index (χ2v) is 7.37. The van der Waals surface area contributed by atoms with Crippen molar-refractivity contribution in [3.05, 3.63) is 60.2 Å². The van der Waals surface area contributed by atoms with E-state index in [0.29, 0.717) is 22.5 Å². The summed E-state index contributed by atoms with van der Waals surface area (Å²) in [6.45, 7) is 0.